The second-order valence-corrected chi connectivity index (χ2v) is 7.85. The average Bonchev–Trinajstić information content (AvgIpc) is 2.91. The van der Waals surface area contributed by atoms with Crippen molar-refractivity contribution in [1.29, 1.82) is 0 Å². The lowest BCUT2D eigenvalue weighted by molar-refractivity contribution is -0.158. The fourth-order valence-electron chi connectivity index (χ4n) is 3.30. The van der Waals surface area contributed by atoms with E-state index in [1.807, 2.05) is 26.8 Å². The highest BCUT2D eigenvalue weighted by molar-refractivity contribution is 7.84. The molecule has 0 spiro atoms. The van der Waals surface area contributed by atoms with Crippen molar-refractivity contribution in [1.82, 2.24) is 9.97 Å². The Balaban J connectivity index is 1.75. The number of hydrogen-bond donors (Lipinski definition) is 2. The van der Waals surface area contributed by atoms with E-state index in [1.165, 1.54) is 6.33 Å². The fourth-order valence-corrected chi connectivity index (χ4v) is 3.66. The van der Waals surface area contributed by atoms with Crippen LogP contribution in [-0.2, 0) is 24.0 Å². The monoisotopic (exact) mass is 358 g/mol. The predicted molar refractivity (Wildman–Crippen MR) is 85.2 cm³/mol. The molecule has 0 amide bonds. The zero-order chi connectivity index (χ0) is 17.5. The number of nitrogens with two attached hydrogens (primary N) is 1. The lowest BCUT2D eigenvalue weighted by atomic mass is 10.1. The zero-order valence-electron chi connectivity index (χ0n) is 13.8. The summed E-state index contributed by atoms with van der Waals surface area (Å²) in [5, 5.41) is 8.25. The van der Waals surface area contributed by atoms with Crippen LogP contribution < -0.4 is 10.5 Å². The SMILES string of the molecule is Cc1cc(N[C@@H]2C[C@H](COS(N)(=O)=O)[C@H]3OC(C)(C)O[C@H]32)ncn1. The van der Waals surface area contributed by atoms with Crippen molar-refractivity contribution in [2.75, 3.05) is 11.9 Å². The Morgan fingerprint density at radius 1 is 1.38 bits per heavy atom. The van der Waals surface area contributed by atoms with Crippen molar-refractivity contribution in [3.63, 3.8) is 0 Å². The summed E-state index contributed by atoms with van der Waals surface area (Å²) >= 11 is 0. The molecule has 2 heterocycles. The summed E-state index contributed by atoms with van der Waals surface area (Å²) in [7, 11) is -3.99. The lowest BCUT2D eigenvalue weighted by Gasteiger charge is -2.24. The number of hydrogen-bond acceptors (Lipinski definition) is 8. The van der Waals surface area contributed by atoms with E-state index < -0.39 is 16.1 Å². The van der Waals surface area contributed by atoms with Gasteiger partial charge in [0.2, 0.25) is 0 Å². The predicted octanol–water partition coefficient (Wildman–Crippen LogP) is 0.326. The molecule has 2 fully saturated rings. The van der Waals surface area contributed by atoms with E-state index >= 15 is 0 Å². The van der Waals surface area contributed by atoms with Crippen LogP contribution in [-0.4, -0.2) is 49.0 Å². The van der Waals surface area contributed by atoms with Gasteiger partial charge in [0.25, 0.3) is 0 Å². The second-order valence-electron chi connectivity index (χ2n) is 6.63. The topological polar surface area (TPSA) is 126 Å². The highest BCUT2D eigenvalue weighted by atomic mass is 32.2. The van der Waals surface area contributed by atoms with Gasteiger partial charge in [-0.25, -0.2) is 15.1 Å². The smallest absolute Gasteiger partial charge is 0.333 e. The van der Waals surface area contributed by atoms with Gasteiger partial charge >= 0.3 is 10.3 Å². The lowest BCUT2D eigenvalue weighted by Crippen LogP contribution is -2.34. The molecule has 0 aromatic carbocycles. The number of aryl methyl sites for hydroxylation is 1. The molecular weight excluding hydrogens is 336 g/mol. The summed E-state index contributed by atoms with van der Waals surface area (Å²) in [4.78, 5) is 8.27. The number of nitrogens with zero attached hydrogens (tertiary/aromatic N) is 2. The van der Waals surface area contributed by atoms with E-state index in [4.69, 9.17) is 18.8 Å². The van der Waals surface area contributed by atoms with Crippen LogP contribution in [0, 0.1) is 12.8 Å². The summed E-state index contributed by atoms with van der Waals surface area (Å²) in [6.45, 7) is 5.50. The summed E-state index contributed by atoms with van der Waals surface area (Å²) in [5.41, 5.74) is 0.847. The zero-order valence-corrected chi connectivity index (χ0v) is 14.6. The Hall–Kier alpha value is -1.33. The van der Waals surface area contributed by atoms with Gasteiger partial charge in [-0.15, -0.1) is 0 Å². The van der Waals surface area contributed by atoms with Gasteiger partial charge in [-0.1, -0.05) is 0 Å². The van der Waals surface area contributed by atoms with Crippen LogP contribution in [0.1, 0.15) is 26.0 Å². The van der Waals surface area contributed by atoms with Crippen molar-refractivity contribution >= 4 is 16.1 Å². The molecule has 3 rings (SSSR count). The molecule has 0 radical (unpaired) electrons. The number of fused-ring (bicyclic) bond motifs is 1. The quantitative estimate of drug-likeness (QED) is 0.771. The molecule has 24 heavy (non-hydrogen) atoms. The average molecular weight is 358 g/mol. The summed E-state index contributed by atoms with van der Waals surface area (Å²) in [6, 6.07) is 1.75. The molecule has 4 atom stereocenters. The number of aromatic nitrogens is 2. The minimum absolute atomic E-state index is 0.0412. The molecule has 134 valence electrons. The van der Waals surface area contributed by atoms with Crippen LogP contribution in [0.25, 0.3) is 0 Å². The van der Waals surface area contributed by atoms with Gasteiger partial charge < -0.3 is 14.8 Å². The Morgan fingerprint density at radius 3 is 2.75 bits per heavy atom. The Bertz CT molecular complexity index is 711. The first kappa shape index (κ1) is 17.5. The molecular formula is C14H22N4O5S. The van der Waals surface area contributed by atoms with Crippen molar-refractivity contribution in [2.45, 2.75) is 51.2 Å². The molecule has 1 aliphatic heterocycles. The maximum Gasteiger partial charge on any atom is 0.333 e. The van der Waals surface area contributed by atoms with Crippen LogP contribution >= 0.6 is 0 Å². The molecule has 1 saturated heterocycles. The van der Waals surface area contributed by atoms with Crippen LogP contribution in [0.4, 0.5) is 5.82 Å². The molecule has 0 bridgehead atoms. The Labute approximate surface area is 141 Å². The van der Waals surface area contributed by atoms with Crippen LogP contribution in [0.5, 0.6) is 0 Å². The van der Waals surface area contributed by atoms with Gasteiger partial charge in [-0.3, -0.25) is 4.18 Å². The van der Waals surface area contributed by atoms with E-state index in [9.17, 15) is 8.42 Å². The maximum atomic E-state index is 11.1. The summed E-state index contributed by atoms with van der Waals surface area (Å²) in [6.07, 6.45) is 1.59. The first-order chi connectivity index (χ1) is 11.1. The number of anilines is 1. The standard InChI is InChI=1S/C14H22N4O5S/c1-8-4-11(17-7-16-8)18-10-5-9(6-21-24(15,19)20)12-13(10)23-14(2,3)22-12/h4,7,9-10,12-13H,5-6H2,1-3H3,(H2,15,19,20)(H,16,17,18)/t9-,10-,12-,13+/m1/s1. The van der Waals surface area contributed by atoms with Gasteiger partial charge in [0.05, 0.1) is 18.8 Å². The van der Waals surface area contributed by atoms with Gasteiger partial charge in [-0.05, 0) is 27.2 Å². The molecule has 1 aromatic heterocycles. The fraction of sp³-hybridized carbons (Fsp3) is 0.714. The van der Waals surface area contributed by atoms with E-state index in [-0.39, 0.29) is 30.8 Å². The first-order valence-corrected chi connectivity index (χ1v) is 9.18. The molecule has 1 aliphatic carbocycles. The van der Waals surface area contributed by atoms with Gasteiger partial charge in [0, 0.05) is 17.7 Å². The minimum Gasteiger partial charge on any atom is -0.364 e. The minimum atomic E-state index is -3.99. The Morgan fingerprint density at radius 2 is 2.08 bits per heavy atom. The van der Waals surface area contributed by atoms with Gasteiger partial charge in [0.15, 0.2) is 5.79 Å². The third kappa shape index (κ3) is 4.01. The van der Waals surface area contributed by atoms with Crippen LogP contribution in [0.2, 0.25) is 0 Å². The summed E-state index contributed by atoms with van der Waals surface area (Å²) < 4.78 is 38.8. The largest absolute Gasteiger partial charge is 0.364 e. The molecule has 10 heteroatoms. The second kappa shape index (κ2) is 6.19. The van der Waals surface area contributed by atoms with Crippen LogP contribution in [0.15, 0.2) is 12.4 Å². The van der Waals surface area contributed by atoms with Crippen molar-refractivity contribution in [2.24, 2.45) is 11.1 Å². The van der Waals surface area contributed by atoms with E-state index in [0.29, 0.717) is 12.2 Å². The third-order valence-electron chi connectivity index (χ3n) is 4.16. The van der Waals surface area contributed by atoms with E-state index in [1.54, 1.807) is 0 Å². The number of rotatable bonds is 5. The van der Waals surface area contributed by atoms with Crippen molar-refractivity contribution in [3.05, 3.63) is 18.1 Å². The molecule has 2 aliphatic rings. The third-order valence-corrected chi connectivity index (χ3v) is 4.63. The number of nitrogens with one attached hydrogen (secondary N) is 1. The van der Waals surface area contributed by atoms with Gasteiger partial charge in [0.1, 0.15) is 18.2 Å². The molecule has 3 N–H and O–H groups in total. The summed E-state index contributed by atoms with van der Waals surface area (Å²) in [5.74, 6) is -0.208. The molecule has 1 saturated carbocycles. The van der Waals surface area contributed by atoms with Crippen molar-refractivity contribution in [3.8, 4) is 0 Å². The normalized spacial score (nSPS) is 31.8. The highest BCUT2D eigenvalue weighted by Crippen LogP contribution is 2.42. The van der Waals surface area contributed by atoms with Gasteiger partial charge in [-0.2, -0.15) is 8.42 Å². The van der Waals surface area contributed by atoms with Crippen molar-refractivity contribution < 1.29 is 22.1 Å². The maximum absolute atomic E-state index is 11.1. The molecule has 0 unspecified atom stereocenters. The molecule has 1 aromatic rings. The van der Waals surface area contributed by atoms with E-state index in [2.05, 4.69) is 15.3 Å². The number of ether oxygens (including phenoxy) is 2. The first-order valence-electron chi connectivity index (χ1n) is 7.71. The van der Waals surface area contributed by atoms with Crippen LogP contribution in [0.3, 0.4) is 0 Å². The van der Waals surface area contributed by atoms with E-state index in [0.717, 1.165) is 5.69 Å². The Kier molecular flexibility index (Phi) is 4.51. The highest BCUT2D eigenvalue weighted by Gasteiger charge is 2.54. The molecule has 9 nitrogen and oxygen atoms in total.